The number of nitrogens with one attached hydrogen (secondary N) is 1. The van der Waals surface area contributed by atoms with Crippen molar-refractivity contribution >= 4 is 28.8 Å². The van der Waals surface area contributed by atoms with Crippen molar-refractivity contribution in [2.75, 3.05) is 10.2 Å². The molecule has 4 nitrogen and oxygen atoms in total. The number of carbonyl (C=O) groups excluding carboxylic acids is 2. The summed E-state index contributed by atoms with van der Waals surface area (Å²) in [6.07, 6.45) is 0. The second-order valence-corrected chi connectivity index (χ2v) is 8.22. The lowest BCUT2D eigenvalue weighted by Crippen LogP contribution is -2.33. The third-order valence-corrected chi connectivity index (χ3v) is 5.88. The number of rotatable bonds is 4. The third kappa shape index (κ3) is 3.66. The van der Waals surface area contributed by atoms with Gasteiger partial charge in [0.15, 0.2) is 0 Å². The van der Waals surface area contributed by atoms with Crippen LogP contribution in [0.1, 0.15) is 33.4 Å². The van der Waals surface area contributed by atoms with Crippen LogP contribution in [0.5, 0.6) is 0 Å². The molecule has 0 atom stereocenters. The molecule has 1 heterocycles. The van der Waals surface area contributed by atoms with Gasteiger partial charge in [0, 0.05) is 5.69 Å². The van der Waals surface area contributed by atoms with E-state index in [4.69, 9.17) is 0 Å². The van der Waals surface area contributed by atoms with Gasteiger partial charge in [0.2, 0.25) is 0 Å². The molecule has 1 aliphatic rings. The molecule has 0 aromatic heterocycles. The van der Waals surface area contributed by atoms with Crippen LogP contribution in [-0.4, -0.2) is 11.8 Å². The van der Waals surface area contributed by atoms with Crippen LogP contribution in [0.4, 0.5) is 11.4 Å². The van der Waals surface area contributed by atoms with Gasteiger partial charge in [0.1, 0.15) is 5.70 Å². The van der Waals surface area contributed by atoms with Gasteiger partial charge < -0.3 is 5.32 Å². The van der Waals surface area contributed by atoms with E-state index in [0.717, 1.165) is 39.1 Å². The molecule has 1 N–H and O–H groups in total. The molecule has 0 aliphatic carbocycles. The van der Waals surface area contributed by atoms with E-state index in [9.17, 15) is 9.59 Å². The minimum atomic E-state index is -0.340. The molecule has 4 rings (SSSR count). The van der Waals surface area contributed by atoms with Gasteiger partial charge in [-0.2, -0.15) is 0 Å². The van der Waals surface area contributed by atoms with E-state index in [-0.39, 0.29) is 11.8 Å². The maximum Gasteiger partial charge on any atom is 0.282 e. The topological polar surface area (TPSA) is 49.4 Å². The number of amides is 2. The van der Waals surface area contributed by atoms with Gasteiger partial charge in [0.25, 0.3) is 11.8 Å². The molecule has 0 radical (unpaired) electrons. The highest BCUT2D eigenvalue weighted by Gasteiger charge is 2.40. The number of nitrogens with zero attached hydrogens (tertiary/aromatic N) is 1. The number of benzene rings is 3. The fourth-order valence-corrected chi connectivity index (χ4v) is 3.93. The Morgan fingerprint density at radius 1 is 0.677 bits per heavy atom. The van der Waals surface area contributed by atoms with Crippen molar-refractivity contribution in [3.63, 3.8) is 0 Å². The first-order valence-corrected chi connectivity index (χ1v) is 10.4. The monoisotopic (exact) mass is 410 g/mol. The van der Waals surface area contributed by atoms with Crippen LogP contribution in [0, 0.1) is 34.6 Å². The third-order valence-electron chi connectivity index (χ3n) is 5.88. The molecule has 0 saturated heterocycles. The van der Waals surface area contributed by atoms with E-state index in [1.807, 2.05) is 89.2 Å². The molecule has 0 spiro atoms. The van der Waals surface area contributed by atoms with E-state index in [2.05, 4.69) is 11.4 Å². The summed E-state index contributed by atoms with van der Waals surface area (Å²) in [5.74, 6) is -0.651. The summed E-state index contributed by atoms with van der Waals surface area (Å²) in [6.45, 7) is 9.97. The molecular formula is C27H26N2O2. The second-order valence-electron chi connectivity index (χ2n) is 8.22. The molecule has 156 valence electrons. The molecule has 0 bridgehead atoms. The highest BCUT2D eigenvalue weighted by molar-refractivity contribution is 6.46. The lowest BCUT2D eigenvalue weighted by Gasteiger charge is -2.18. The fourth-order valence-electron chi connectivity index (χ4n) is 3.93. The summed E-state index contributed by atoms with van der Waals surface area (Å²) < 4.78 is 0. The number of anilines is 2. The van der Waals surface area contributed by atoms with Crippen LogP contribution in [0.15, 0.2) is 66.4 Å². The van der Waals surface area contributed by atoms with Crippen molar-refractivity contribution in [3.05, 3.63) is 99.7 Å². The lowest BCUT2D eigenvalue weighted by atomic mass is 9.99. The van der Waals surface area contributed by atoms with Gasteiger partial charge in [-0.05, 0) is 74.6 Å². The minimum Gasteiger partial charge on any atom is -0.350 e. The van der Waals surface area contributed by atoms with Gasteiger partial charge in [-0.1, -0.05) is 54.1 Å². The van der Waals surface area contributed by atoms with Crippen molar-refractivity contribution < 1.29 is 9.59 Å². The van der Waals surface area contributed by atoms with E-state index in [1.165, 1.54) is 4.90 Å². The SMILES string of the molecule is Cc1ccc(NC2=C(c3ccc(C)c(C)c3)C(=O)N(c3ccccc3C)C2=O)c(C)c1. The van der Waals surface area contributed by atoms with Crippen molar-refractivity contribution in [1.82, 2.24) is 0 Å². The molecule has 1 aliphatic heterocycles. The van der Waals surface area contributed by atoms with Crippen LogP contribution in [0.3, 0.4) is 0 Å². The first-order valence-electron chi connectivity index (χ1n) is 10.4. The Kier molecular flexibility index (Phi) is 5.24. The first-order chi connectivity index (χ1) is 14.8. The predicted octanol–water partition coefficient (Wildman–Crippen LogP) is 5.63. The predicted molar refractivity (Wildman–Crippen MR) is 126 cm³/mol. The quantitative estimate of drug-likeness (QED) is 0.568. The summed E-state index contributed by atoms with van der Waals surface area (Å²) in [5.41, 5.74) is 8.11. The van der Waals surface area contributed by atoms with E-state index in [0.29, 0.717) is 17.0 Å². The maximum absolute atomic E-state index is 13.6. The Hall–Kier alpha value is -3.66. The smallest absolute Gasteiger partial charge is 0.282 e. The summed E-state index contributed by atoms with van der Waals surface area (Å²) >= 11 is 0. The number of hydrogen-bond donors (Lipinski definition) is 1. The molecule has 0 saturated carbocycles. The normalized spacial score (nSPS) is 13.9. The van der Waals surface area contributed by atoms with Gasteiger partial charge >= 0.3 is 0 Å². The first kappa shape index (κ1) is 20.6. The van der Waals surface area contributed by atoms with E-state index in [1.54, 1.807) is 0 Å². The molecule has 0 fully saturated rings. The van der Waals surface area contributed by atoms with Crippen LogP contribution in [-0.2, 0) is 9.59 Å². The molecule has 4 heteroatoms. The van der Waals surface area contributed by atoms with Gasteiger partial charge in [-0.3, -0.25) is 9.59 Å². The number of hydrogen-bond acceptors (Lipinski definition) is 3. The van der Waals surface area contributed by atoms with Crippen molar-refractivity contribution in [3.8, 4) is 0 Å². The summed E-state index contributed by atoms with van der Waals surface area (Å²) in [5, 5.41) is 3.29. The summed E-state index contributed by atoms with van der Waals surface area (Å²) in [4.78, 5) is 28.5. The molecular weight excluding hydrogens is 384 g/mol. The highest BCUT2D eigenvalue weighted by Crippen LogP contribution is 2.36. The zero-order valence-electron chi connectivity index (χ0n) is 18.5. The minimum absolute atomic E-state index is 0.309. The van der Waals surface area contributed by atoms with E-state index < -0.39 is 0 Å². The zero-order chi connectivity index (χ0) is 22.3. The lowest BCUT2D eigenvalue weighted by molar-refractivity contribution is -0.120. The number of para-hydroxylation sites is 1. The highest BCUT2D eigenvalue weighted by atomic mass is 16.2. The van der Waals surface area contributed by atoms with Gasteiger partial charge in [0.05, 0.1) is 11.3 Å². The number of carbonyl (C=O) groups is 2. The largest absolute Gasteiger partial charge is 0.350 e. The Morgan fingerprint density at radius 2 is 1.42 bits per heavy atom. The Balaban J connectivity index is 1.88. The Labute approximate surface area is 183 Å². The molecule has 31 heavy (non-hydrogen) atoms. The molecule has 0 unspecified atom stereocenters. The second kappa shape index (κ2) is 7.88. The average Bonchev–Trinajstić information content (AvgIpc) is 2.96. The van der Waals surface area contributed by atoms with Crippen LogP contribution in [0.25, 0.3) is 5.57 Å². The zero-order valence-corrected chi connectivity index (χ0v) is 18.5. The molecule has 3 aromatic carbocycles. The fraction of sp³-hybridized carbons (Fsp3) is 0.185. The standard InChI is InChI=1S/C27H26N2O2/c1-16-10-13-22(20(5)14-16)28-25-24(21-12-11-17(2)19(4)15-21)26(30)29(27(25)31)23-9-7-6-8-18(23)3/h6-15,28H,1-5H3. The Bertz CT molecular complexity index is 1250. The van der Waals surface area contributed by atoms with Gasteiger partial charge in [-0.25, -0.2) is 4.90 Å². The van der Waals surface area contributed by atoms with Crippen molar-refractivity contribution in [2.24, 2.45) is 0 Å². The van der Waals surface area contributed by atoms with Crippen LogP contribution >= 0.6 is 0 Å². The maximum atomic E-state index is 13.6. The summed E-state index contributed by atoms with van der Waals surface area (Å²) in [7, 11) is 0. The van der Waals surface area contributed by atoms with Crippen molar-refractivity contribution in [2.45, 2.75) is 34.6 Å². The molecule has 2 amide bonds. The van der Waals surface area contributed by atoms with Gasteiger partial charge in [-0.15, -0.1) is 0 Å². The Morgan fingerprint density at radius 3 is 2.10 bits per heavy atom. The van der Waals surface area contributed by atoms with E-state index >= 15 is 0 Å². The van der Waals surface area contributed by atoms with Crippen molar-refractivity contribution in [1.29, 1.82) is 0 Å². The molecule has 3 aromatic rings. The average molecular weight is 411 g/mol. The number of imide groups is 1. The van der Waals surface area contributed by atoms with Crippen LogP contribution < -0.4 is 10.2 Å². The number of aryl methyl sites for hydroxylation is 5. The van der Waals surface area contributed by atoms with Crippen LogP contribution in [0.2, 0.25) is 0 Å². The summed E-state index contributed by atoms with van der Waals surface area (Å²) in [6, 6.07) is 19.3.